The van der Waals surface area contributed by atoms with Crippen LogP contribution in [0.2, 0.25) is 0 Å². The molecule has 3 nitrogen and oxygen atoms in total. The first-order valence-corrected chi connectivity index (χ1v) is 6.06. The summed E-state index contributed by atoms with van der Waals surface area (Å²) in [6.45, 7) is 0. The summed E-state index contributed by atoms with van der Waals surface area (Å²) in [5, 5.41) is 0. The molecule has 0 aliphatic carbocycles. The molecule has 19 heavy (non-hydrogen) atoms. The van der Waals surface area contributed by atoms with Crippen LogP contribution < -0.4 is 5.73 Å². The van der Waals surface area contributed by atoms with E-state index in [1.807, 2.05) is 67.0 Å². The van der Waals surface area contributed by atoms with Crippen molar-refractivity contribution in [3.8, 4) is 22.5 Å². The van der Waals surface area contributed by atoms with Crippen LogP contribution in [0.5, 0.6) is 0 Å². The third kappa shape index (κ3) is 2.45. The van der Waals surface area contributed by atoms with Crippen LogP contribution in [-0.4, -0.2) is 9.97 Å². The molecule has 0 bridgehead atoms. The third-order valence-electron chi connectivity index (χ3n) is 2.90. The van der Waals surface area contributed by atoms with Crippen LogP contribution in [0.1, 0.15) is 0 Å². The van der Waals surface area contributed by atoms with Crippen molar-refractivity contribution in [2.24, 2.45) is 0 Å². The monoisotopic (exact) mass is 247 g/mol. The fourth-order valence-corrected chi connectivity index (χ4v) is 1.93. The van der Waals surface area contributed by atoms with Crippen molar-refractivity contribution in [1.82, 2.24) is 9.97 Å². The molecule has 0 amide bonds. The van der Waals surface area contributed by atoms with Crippen LogP contribution >= 0.6 is 0 Å². The molecule has 2 N–H and O–H groups in total. The molecule has 2 aromatic carbocycles. The number of nitrogens with zero attached hydrogens (tertiary/aromatic N) is 2. The minimum absolute atomic E-state index is 0.687. The second-order valence-electron chi connectivity index (χ2n) is 4.29. The zero-order valence-corrected chi connectivity index (χ0v) is 10.3. The Morgan fingerprint density at radius 1 is 0.684 bits per heavy atom. The first-order chi connectivity index (χ1) is 9.33. The molecule has 0 aliphatic heterocycles. The van der Waals surface area contributed by atoms with Crippen molar-refractivity contribution >= 4 is 5.69 Å². The van der Waals surface area contributed by atoms with E-state index in [1.165, 1.54) is 0 Å². The lowest BCUT2D eigenvalue weighted by Gasteiger charge is -2.03. The maximum absolute atomic E-state index is 5.76. The second kappa shape index (κ2) is 4.90. The molecule has 1 heterocycles. The highest BCUT2D eigenvalue weighted by Gasteiger charge is 2.02. The fraction of sp³-hybridized carbons (Fsp3) is 0. The lowest BCUT2D eigenvalue weighted by molar-refractivity contribution is 1.18. The van der Waals surface area contributed by atoms with E-state index in [-0.39, 0.29) is 0 Å². The summed E-state index contributed by atoms with van der Waals surface area (Å²) in [4.78, 5) is 8.80. The van der Waals surface area contributed by atoms with Gasteiger partial charge in [0.15, 0.2) is 5.82 Å². The Morgan fingerprint density at radius 2 is 1.37 bits per heavy atom. The van der Waals surface area contributed by atoms with Gasteiger partial charge in [0.1, 0.15) is 0 Å². The van der Waals surface area contributed by atoms with Gasteiger partial charge in [0.05, 0.1) is 0 Å². The first kappa shape index (κ1) is 11.4. The lowest BCUT2D eigenvalue weighted by atomic mass is 10.1. The quantitative estimate of drug-likeness (QED) is 0.706. The van der Waals surface area contributed by atoms with Crippen molar-refractivity contribution in [3.05, 3.63) is 67.0 Å². The Morgan fingerprint density at radius 3 is 2.05 bits per heavy atom. The number of anilines is 1. The summed E-state index contributed by atoms with van der Waals surface area (Å²) < 4.78 is 0. The highest BCUT2D eigenvalue weighted by molar-refractivity contribution is 5.65. The summed E-state index contributed by atoms with van der Waals surface area (Å²) in [7, 11) is 0. The summed E-state index contributed by atoms with van der Waals surface area (Å²) in [5.41, 5.74) is 9.53. The Balaban J connectivity index is 1.95. The summed E-state index contributed by atoms with van der Waals surface area (Å²) in [6, 6.07) is 17.7. The number of hydrogen-bond donors (Lipinski definition) is 1. The van der Waals surface area contributed by atoms with Crippen LogP contribution in [0.15, 0.2) is 67.0 Å². The molecule has 3 aromatic rings. The molecule has 1 aromatic heterocycles. The maximum Gasteiger partial charge on any atom is 0.159 e. The number of rotatable bonds is 2. The van der Waals surface area contributed by atoms with Crippen molar-refractivity contribution in [3.63, 3.8) is 0 Å². The highest BCUT2D eigenvalue weighted by atomic mass is 14.9. The Hall–Kier alpha value is -2.68. The van der Waals surface area contributed by atoms with Gasteiger partial charge in [0.25, 0.3) is 0 Å². The minimum atomic E-state index is 0.687. The number of hydrogen-bond acceptors (Lipinski definition) is 3. The van der Waals surface area contributed by atoms with E-state index in [1.54, 1.807) is 0 Å². The zero-order valence-electron chi connectivity index (χ0n) is 10.3. The van der Waals surface area contributed by atoms with Gasteiger partial charge in [-0.3, -0.25) is 0 Å². The molecule has 92 valence electrons. The molecule has 0 fully saturated rings. The predicted molar refractivity (Wildman–Crippen MR) is 77.3 cm³/mol. The van der Waals surface area contributed by atoms with Crippen LogP contribution in [-0.2, 0) is 0 Å². The van der Waals surface area contributed by atoms with Crippen LogP contribution in [0.25, 0.3) is 22.5 Å². The van der Waals surface area contributed by atoms with Crippen LogP contribution in [0.4, 0.5) is 5.69 Å². The number of nitrogen functional groups attached to an aromatic ring is 1. The van der Waals surface area contributed by atoms with Crippen molar-refractivity contribution in [2.75, 3.05) is 5.73 Å². The lowest BCUT2D eigenvalue weighted by Crippen LogP contribution is -1.91. The van der Waals surface area contributed by atoms with Gasteiger partial charge in [0, 0.05) is 29.2 Å². The molecular weight excluding hydrogens is 234 g/mol. The average Bonchev–Trinajstić information content (AvgIpc) is 2.48. The van der Waals surface area contributed by atoms with Gasteiger partial charge >= 0.3 is 0 Å². The molecule has 0 radical (unpaired) electrons. The van der Waals surface area contributed by atoms with Crippen molar-refractivity contribution in [1.29, 1.82) is 0 Å². The van der Waals surface area contributed by atoms with Gasteiger partial charge in [-0.05, 0) is 17.7 Å². The number of aromatic nitrogens is 2. The zero-order chi connectivity index (χ0) is 13.1. The van der Waals surface area contributed by atoms with Gasteiger partial charge in [-0.2, -0.15) is 0 Å². The van der Waals surface area contributed by atoms with E-state index in [0.717, 1.165) is 16.7 Å². The fourth-order valence-electron chi connectivity index (χ4n) is 1.93. The second-order valence-corrected chi connectivity index (χ2v) is 4.29. The van der Waals surface area contributed by atoms with Gasteiger partial charge in [-0.15, -0.1) is 0 Å². The predicted octanol–water partition coefficient (Wildman–Crippen LogP) is 3.39. The molecule has 0 spiro atoms. The van der Waals surface area contributed by atoms with Crippen LogP contribution in [0.3, 0.4) is 0 Å². The van der Waals surface area contributed by atoms with Gasteiger partial charge in [0.2, 0.25) is 0 Å². The van der Waals surface area contributed by atoms with Crippen LogP contribution in [0, 0.1) is 0 Å². The normalized spacial score (nSPS) is 10.3. The summed E-state index contributed by atoms with van der Waals surface area (Å²) in [6.07, 6.45) is 3.67. The molecule has 3 rings (SSSR count). The molecular formula is C16H13N3. The minimum Gasteiger partial charge on any atom is -0.399 e. The van der Waals surface area contributed by atoms with E-state index in [2.05, 4.69) is 9.97 Å². The summed E-state index contributed by atoms with van der Waals surface area (Å²) >= 11 is 0. The maximum atomic E-state index is 5.76. The van der Waals surface area contributed by atoms with Gasteiger partial charge in [-0.25, -0.2) is 9.97 Å². The van der Waals surface area contributed by atoms with Gasteiger partial charge in [-0.1, -0.05) is 42.5 Å². The molecule has 3 heteroatoms. The van der Waals surface area contributed by atoms with Crippen molar-refractivity contribution < 1.29 is 0 Å². The van der Waals surface area contributed by atoms with Gasteiger partial charge < -0.3 is 5.73 Å². The smallest absolute Gasteiger partial charge is 0.159 e. The number of benzene rings is 2. The number of nitrogens with two attached hydrogens (primary N) is 1. The standard InChI is InChI=1S/C16H13N3/c17-15-8-4-7-13(9-15)16-18-10-14(11-19-16)12-5-2-1-3-6-12/h1-11H,17H2. The molecule has 0 atom stereocenters. The average molecular weight is 247 g/mol. The topological polar surface area (TPSA) is 51.8 Å². The SMILES string of the molecule is Nc1cccc(-c2ncc(-c3ccccc3)cn2)c1. The molecule has 0 saturated carbocycles. The van der Waals surface area contributed by atoms with E-state index in [4.69, 9.17) is 5.73 Å². The first-order valence-electron chi connectivity index (χ1n) is 6.06. The van der Waals surface area contributed by atoms with E-state index in [0.29, 0.717) is 11.5 Å². The highest BCUT2D eigenvalue weighted by Crippen LogP contribution is 2.21. The van der Waals surface area contributed by atoms with Crippen molar-refractivity contribution in [2.45, 2.75) is 0 Å². The largest absolute Gasteiger partial charge is 0.399 e. The van der Waals surface area contributed by atoms with E-state index in [9.17, 15) is 0 Å². The molecule has 0 unspecified atom stereocenters. The third-order valence-corrected chi connectivity index (χ3v) is 2.90. The Kier molecular flexibility index (Phi) is 2.94. The Bertz CT molecular complexity index is 676. The van der Waals surface area contributed by atoms with E-state index < -0.39 is 0 Å². The summed E-state index contributed by atoms with van der Waals surface area (Å²) in [5.74, 6) is 0.687. The molecule has 0 aliphatic rings. The molecule has 0 saturated heterocycles. The Labute approximate surface area is 111 Å². The van der Waals surface area contributed by atoms with E-state index >= 15 is 0 Å².